The van der Waals surface area contributed by atoms with Crippen LogP contribution in [0, 0.1) is 16.7 Å². The summed E-state index contributed by atoms with van der Waals surface area (Å²) < 4.78 is 25.4. The maximum absolute atomic E-state index is 12.9. The number of carbonyl (C=O) groups excluding carboxylic acids is 1. The van der Waals surface area contributed by atoms with E-state index in [1.165, 1.54) is 12.7 Å². The fourth-order valence-corrected chi connectivity index (χ4v) is 6.14. The molecule has 2 saturated carbocycles. The topological polar surface area (TPSA) is 81.1 Å². The predicted octanol–water partition coefficient (Wildman–Crippen LogP) is 2.91. The lowest BCUT2D eigenvalue weighted by Crippen LogP contribution is -2.47. The number of hydrogen-bond donors (Lipinski definition) is 1. The summed E-state index contributed by atoms with van der Waals surface area (Å²) in [6.07, 6.45) is 4.59. The summed E-state index contributed by atoms with van der Waals surface area (Å²) in [5.41, 5.74) is 1.84. The first kappa shape index (κ1) is 19.4. The van der Waals surface area contributed by atoms with Gasteiger partial charge in [0.15, 0.2) is 9.84 Å². The summed E-state index contributed by atoms with van der Waals surface area (Å²) >= 11 is 0. The molecule has 6 nitrogen and oxygen atoms in total. The minimum Gasteiger partial charge on any atom is -0.351 e. The largest absolute Gasteiger partial charge is 0.351 e. The van der Waals surface area contributed by atoms with Gasteiger partial charge in [0.05, 0.1) is 11.0 Å². The molecular weight excluding hydrogens is 374 g/mol. The lowest BCUT2D eigenvalue weighted by Gasteiger charge is -2.39. The van der Waals surface area contributed by atoms with Crippen LogP contribution < -0.4 is 5.32 Å². The highest BCUT2D eigenvalue weighted by Crippen LogP contribution is 2.65. The van der Waals surface area contributed by atoms with Crippen molar-refractivity contribution in [3.8, 4) is 0 Å². The van der Waals surface area contributed by atoms with Crippen LogP contribution in [0.5, 0.6) is 0 Å². The third-order valence-corrected chi connectivity index (χ3v) is 8.34. The van der Waals surface area contributed by atoms with Gasteiger partial charge in [0.2, 0.25) is 5.91 Å². The molecule has 152 valence electrons. The number of hydrogen-bond acceptors (Lipinski definition) is 4. The maximum atomic E-state index is 12.9. The number of nitrogens with one attached hydrogen (secondary N) is 1. The van der Waals surface area contributed by atoms with Gasteiger partial charge in [0.1, 0.15) is 18.1 Å². The van der Waals surface area contributed by atoms with Gasteiger partial charge in [0, 0.05) is 12.3 Å². The zero-order valence-corrected chi connectivity index (χ0v) is 17.8. The summed E-state index contributed by atoms with van der Waals surface area (Å²) in [5.74, 6) is 0.814. The maximum Gasteiger partial charge on any atom is 0.240 e. The molecule has 0 radical (unpaired) electrons. The third-order valence-electron chi connectivity index (χ3n) is 7.56. The van der Waals surface area contributed by atoms with Crippen LogP contribution in [0.25, 0.3) is 11.0 Å². The zero-order chi connectivity index (χ0) is 20.3. The van der Waals surface area contributed by atoms with Gasteiger partial charge in [-0.3, -0.25) is 4.79 Å². The molecule has 2 aromatic rings. The molecule has 1 aromatic heterocycles. The van der Waals surface area contributed by atoms with Gasteiger partial charge in [-0.15, -0.1) is 0 Å². The third kappa shape index (κ3) is 3.04. The van der Waals surface area contributed by atoms with Crippen LogP contribution in [0.3, 0.4) is 0 Å². The van der Waals surface area contributed by atoms with Gasteiger partial charge in [-0.1, -0.05) is 32.9 Å². The second-order valence-corrected chi connectivity index (χ2v) is 11.5. The second-order valence-electron chi connectivity index (χ2n) is 9.40. The highest BCUT2D eigenvalue weighted by atomic mass is 32.2. The average Bonchev–Trinajstić information content (AvgIpc) is 3.09. The standard InChI is InChI=1S/C21H29N3O3S/c1-20(2)14-9-10-21(20,3)17(11-14)23-19(25)12-24-16-8-6-5-7-15(16)22-18(24)13-28(4,26)27/h5-8,14,17H,9-13H2,1-4H3,(H,23,25)/t14-,17-,21-/m0/s1. The van der Waals surface area contributed by atoms with E-state index in [-0.39, 0.29) is 35.1 Å². The van der Waals surface area contributed by atoms with Gasteiger partial charge in [-0.05, 0) is 48.1 Å². The van der Waals surface area contributed by atoms with E-state index in [0.717, 1.165) is 18.4 Å². The Morgan fingerprint density at radius 1 is 1.29 bits per heavy atom. The normalized spacial score (nSPS) is 28.7. The smallest absolute Gasteiger partial charge is 0.240 e. The number of carbonyl (C=O) groups is 1. The van der Waals surface area contributed by atoms with Crippen LogP contribution in [0.15, 0.2) is 24.3 Å². The minimum absolute atomic E-state index is 0.0764. The first-order chi connectivity index (χ1) is 13.0. The van der Waals surface area contributed by atoms with E-state index >= 15 is 0 Å². The molecule has 2 aliphatic carbocycles. The van der Waals surface area contributed by atoms with Crippen LogP contribution in [-0.4, -0.2) is 36.2 Å². The zero-order valence-electron chi connectivity index (χ0n) is 17.0. The molecule has 0 aliphatic heterocycles. The van der Waals surface area contributed by atoms with E-state index in [2.05, 4.69) is 31.1 Å². The van der Waals surface area contributed by atoms with Crippen molar-refractivity contribution in [3.05, 3.63) is 30.1 Å². The fraction of sp³-hybridized carbons (Fsp3) is 0.619. The molecule has 0 saturated heterocycles. The van der Waals surface area contributed by atoms with Crippen molar-refractivity contribution >= 4 is 26.8 Å². The number of nitrogens with zero attached hydrogens (tertiary/aromatic N) is 2. The summed E-state index contributed by atoms with van der Waals surface area (Å²) in [4.78, 5) is 17.4. The highest BCUT2D eigenvalue weighted by molar-refractivity contribution is 7.89. The van der Waals surface area contributed by atoms with Crippen LogP contribution in [-0.2, 0) is 26.9 Å². The Labute approximate surface area is 166 Å². The van der Waals surface area contributed by atoms with E-state index in [0.29, 0.717) is 17.3 Å². The second kappa shape index (κ2) is 6.31. The van der Waals surface area contributed by atoms with Crippen molar-refractivity contribution in [3.63, 3.8) is 0 Å². The molecule has 7 heteroatoms. The highest BCUT2D eigenvalue weighted by Gasteiger charge is 2.61. The van der Waals surface area contributed by atoms with Crippen molar-refractivity contribution < 1.29 is 13.2 Å². The number of imidazole rings is 1. The predicted molar refractivity (Wildman–Crippen MR) is 109 cm³/mol. The number of aromatic nitrogens is 2. The van der Waals surface area contributed by atoms with Crippen LogP contribution in [0.1, 0.15) is 45.9 Å². The summed E-state index contributed by atoms with van der Waals surface area (Å²) in [7, 11) is -3.25. The molecule has 3 atom stereocenters. The van der Waals surface area contributed by atoms with Crippen molar-refractivity contribution in [1.29, 1.82) is 0 Å². The van der Waals surface area contributed by atoms with Crippen molar-refractivity contribution in [2.24, 2.45) is 16.7 Å². The Bertz CT molecular complexity index is 1040. The molecule has 0 unspecified atom stereocenters. The Kier molecular flexibility index (Phi) is 4.38. The van der Waals surface area contributed by atoms with E-state index in [1.54, 1.807) is 4.57 Å². The average molecular weight is 404 g/mol. The van der Waals surface area contributed by atoms with E-state index < -0.39 is 9.84 Å². The van der Waals surface area contributed by atoms with Gasteiger partial charge in [-0.2, -0.15) is 0 Å². The Morgan fingerprint density at radius 3 is 2.61 bits per heavy atom. The fourth-order valence-electron chi connectivity index (χ4n) is 5.45. The lowest BCUT2D eigenvalue weighted by molar-refractivity contribution is -0.123. The van der Waals surface area contributed by atoms with Gasteiger partial charge in [-0.25, -0.2) is 13.4 Å². The van der Waals surface area contributed by atoms with Crippen LogP contribution in [0.2, 0.25) is 0 Å². The first-order valence-corrected chi connectivity index (χ1v) is 12.0. The van der Waals surface area contributed by atoms with Gasteiger partial charge >= 0.3 is 0 Å². The number of fused-ring (bicyclic) bond motifs is 3. The number of benzene rings is 1. The van der Waals surface area contributed by atoms with Crippen LogP contribution in [0.4, 0.5) is 0 Å². The number of sulfone groups is 1. The van der Waals surface area contributed by atoms with E-state index in [1.807, 2.05) is 24.3 Å². The quantitative estimate of drug-likeness (QED) is 0.832. The molecular formula is C21H29N3O3S. The molecule has 28 heavy (non-hydrogen) atoms. The molecule has 2 aliphatic rings. The van der Waals surface area contributed by atoms with Gasteiger partial charge in [0.25, 0.3) is 0 Å². The van der Waals surface area contributed by atoms with Crippen molar-refractivity contribution in [2.75, 3.05) is 6.26 Å². The van der Waals surface area contributed by atoms with Gasteiger partial charge < -0.3 is 9.88 Å². The Balaban J connectivity index is 1.58. The minimum atomic E-state index is -3.25. The summed E-state index contributed by atoms with van der Waals surface area (Å²) in [6, 6.07) is 7.63. The van der Waals surface area contributed by atoms with E-state index in [4.69, 9.17) is 0 Å². The Morgan fingerprint density at radius 2 is 2.00 bits per heavy atom. The Hall–Kier alpha value is -1.89. The monoisotopic (exact) mass is 403 g/mol. The molecule has 2 fully saturated rings. The summed E-state index contributed by atoms with van der Waals surface area (Å²) in [5, 5.41) is 3.26. The number of amides is 1. The van der Waals surface area contributed by atoms with Crippen molar-refractivity contribution in [2.45, 2.75) is 58.4 Å². The SMILES string of the molecule is CC1(C)[C@H]2CC[C@@]1(C)[C@@H](NC(=O)Cn1c(CS(C)(=O)=O)nc3ccccc31)C2. The molecule has 2 bridgehead atoms. The van der Waals surface area contributed by atoms with Crippen molar-refractivity contribution in [1.82, 2.24) is 14.9 Å². The molecule has 1 amide bonds. The molecule has 4 rings (SSSR count). The molecule has 0 spiro atoms. The number of rotatable bonds is 5. The first-order valence-electron chi connectivity index (χ1n) is 9.92. The van der Waals surface area contributed by atoms with E-state index in [9.17, 15) is 13.2 Å². The van der Waals surface area contributed by atoms with Crippen LogP contribution >= 0.6 is 0 Å². The molecule has 1 aromatic carbocycles. The number of para-hydroxylation sites is 2. The summed E-state index contributed by atoms with van der Waals surface area (Å²) in [6.45, 7) is 7.03. The molecule has 1 heterocycles. The molecule has 1 N–H and O–H groups in total. The lowest BCUT2D eigenvalue weighted by atomic mass is 9.69.